The van der Waals surface area contributed by atoms with Crippen LogP contribution in [0.4, 0.5) is 0 Å². The molecule has 1 nitrogen and oxygen atoms in total. The van der Waals surface area contributed by atoms with E-state index in [9.17, 15) is 4.79 Å². The molecule has 0 N–H and O–H groups in total. The summed E-state index contributed by atoms with van der Waals surface area (Å²) in [4.78, 5) is 12.1. The van der Waals surface area contributed by atoms with Crippen LogP contribution in [0.25, 0.3) is 33.7 Å². The summed E-state index contributed by atoms with van der Waals surface area (Å²) in [7, 11) is 0. The number of benzene rings is 4. The number of carbonyl (C=O) groups excluding carboxylic acids is 1. The molecule has 0 unspecified atom stereocenters. The molecule has 0 aromatic heterocycles. The molecule has 0 atom stereocenters. The molecule has 0 spiro atoms. The Labute approximate surface area is 152 Å². The van der Waals surface area contributed by atoms with Gasteiger partial charge >= 0.3 is 0 Å². The van der Waals surface area contributed by atoms with Crippen LogP contribution in [0.3, 0.4) is 0 Å². The molecule has 0 aliphatic rings. The minimum atomic E-state index is -0.0219. The molecule has 0 aliphatic heterocycles. The number of ketones is 1. The van der Waals surface area contributed by atoms with E-state index in [0.29, 0.717) is 0 Å². The van der Waals surface area contributed by atoms with Crippen LogP contribution in [0.15, 0.2) is 97.1 Å². The lowest BCUT2D eigenvalue weighted by Crippen LogP contribution is -1.85. The maximum Gasteiger partial charge on any atom is 0.178 e. The van der Waals surface area contributed by atoms with Crippen molar-refractivity contribution in [2.24, 2.45) is 0 Å². The molecule has 0 amide bonds. The largest absolute Gasteiger partial charge is 0.290 e. The lowest BCUT2D eigenvalue weighted by molar-refractivity contribution is -0.110. The zero-order valence-corrected chi connectivity index (χ0v) is 14.3. The molecule has 4 rings (SSSR count). The molecule has 0 bridgehead atoms. The third-order valence-electron chi connectivity index (χ3n) is 4.43. The first-order valence-electron chi connectivity index (χ1n) is 8.66. The molecule has 4 aromatic rings. The highest BCUT2D eigenvalue weighted by Gasteiger charge is 1.96. The van der Waals surface area contributed by atoms with E-state index in [1.54, 1.807) is 12.2 Å². The fourth-order valence-corrected chi connectivity index (χ4v) is 3.04. The molecule has 0 saturated heterocycles. The maximum atomic E-state index is 12.1. The molecule has 0 fully saturated rings. The minimum Gasteiger partial charge on any atom is -0.290 e. The van der Waals surface area contributed by atoms with Gasteiger partial charge in [0.05, 0.1) is 0 Å². The van der Waals surface area contributed by atoms with Gasteiger partial charge < -0.3 is 0 Å². The molecule has 0 radical (unpaired) electrons. The second-order valence-corrected chi connectivity index (χ2v) is 6.28. The lowest BCUT2D eigenvalue weighted by atomic mass is 10.1. The number of fused-ring (bicyclic) bond motifs is 2. The molecule has 0 heterocycles. The summed E-state index contributed by atoms with van der Waals surface area (Å²) in [5.74, 6) is -0.0219. The summed E-state index contributed by atoms with van der Waals surface area (Å²) in [6.07, 6.45) is 6.95. The summed E-state index contributed by atoms with van der Waals surface area (Å²) >= 11 is 0. The zero-order valence-electron chi connectivity index (χ0n) is 14.3. The number of hydrogen-bond donors (Lipinski definition) is 0. The predicted molar refractivity (Wildman–Crippen MR) is 111 cm³/mol. The Kier molecular flexibility index (Phi) is 4.44. The van der Waals surface area contributed by atoms with E-state index in [2.05, 4.69) is 48.5 Å². The van der Waals surface area contributed by atoms with E-state index >= 15 is 0 Å². The van der Waals surface area contributed by atoms with Crippen LogP contribution in [-0.2, 0) is 4.79 Å². The molecular formula is C25H18O. The molecule has 0 aliphatic carbocycles. The Hall–Kier alpha value is -3.45. The van der Waals surface area contributed by atoms with Gasteiger partial charge in [0.2, 0.25) is 0 Å². The summed E-state index contributed by atoms with van der Waals surface area (Å²) in [6, 6.07) is 28.8. The summed E-state index contributed by atoms with van der Waals surface area (Å²) in [5.41, 5.74) is 2.05. The smallest absolute Gasteiger partial charge is 0.178 e. The third-order valence-corrected chi connectivity index (χ3v) is 4.43. The van der Waals surface area contributed by atoms with Crippen molar-refractivity contribution in [2.45, 2.75) is 0 Å². The summed E-state index contributed by atoms with van der Waals surface area (Å²) < 4.78 is 0. The number of allylic oxidation sites excluding steroid dienone is 2. The van der Waals surface area contributed by atoms with Crippen LogP contribution in [0.1, 0.15) is 11.1 Å². The van der Waals surface area contributed by atoms with Crippen molar-refractivity contribution in [3.05, 3.63) is 108 Å². The Bertz CT molecular complexity index is 1060. The first kappa shape index (κ1) is 16.0. The zero-order chi connectivity index (χ0) is 17.8. The average Bonchev–Trinajstić information content (AvgIpc) is 2.70. The van der Waals surface area contributed by atoms with Crippen LogP contribution in [0.2, 0.25) is 0 Å². The highest BCUT2D eigenvalue weighted by molar-refractivity contribution is 6.05. The van der Waals surface area contributed by atoms with Crippen molar-refractivity contribution in [3.63, 3.8) is 0 Å². The van der Waals surface area contributed by atoms with Crippen molar-refractivity contribution in [1.82, 2.24) is 0 Å². The van der Waals surface area contributed by atoms with Crippen molar-refractivity contribution in [2.75, 3.05) is 0 Å². The summed E-state index contributed by atoms with van der Waals surface area (Å²) in [6.45, 7) is 0. The maximum absolute atomic E-state index is 12.1. The second kappa shape index (κ2) is 7.20. The Morgan fingerprint density at radius 2 is 0.962 bits per heavy atom. The molecule has 0 saturated carbocycles. The van der Waals surface area contributed by atoms with E-state index < -0.39 is 0 Å². The number of rotatable bonds is 4. The van der Waals surface area contributed by atoms with Crippen LogP contribution >= 0.6 is 0 Å². The van der Waals surface area contributed by atoms with Gasteiger partial charge in [-0.05, 0) is 57.0 Å². The van der Waals surface area contributed by atoms with E-state index in [4.69, 9.17) is 0 Å². The van der Waals surface area contributed by atoms with Crippen molar-refractivity contribution in [3.8, 4) is 0 Å². The molecule has 26 heavy (non-hydrogen) atoms. The SMILES string of the molecule is O=C(/C=C\c1ccc2ccccc2c1)/C=C/c1ccc2ccccc2c1. The fraction of sp³-hybridized carbons (Fsp3) is 0. The van der Waals surface area contributed by atoms with Crippen LogP contribution < -0.4 is 0 Å². The Morgan fingerprint density at radius 3 is 1.42 bits per heavy atom. The first-order valence-corrected chi connectivity index (χ1v) is 8.66. The van der Waals surface area contributed by atoms with Gasteiger partial charge in [0, 0.05) is 0 Å². The summed E-state index contributed by atoms with van der Waals surface area (Å²) in [5, 5.41) is 4.75. The van der Waals surface area contributed by atoms with Crippen LogP contribution in [0.5, 0.6) is 0 Å². The van der Waals surface area contributed by atoms with Crippen LogP contribution in [-0.4, -0.2) is 5.78 Å². The third kappa shape index (κ3) is 3.62. The van der Waals surface area contributed by atoms with Gasteiger partial charge in [-0.3, -0.25) is 4.79 Å². The number of carbonyl (C=O) groups is 1. The highest BCUT2D eigenvalue weighted by atomic mass is 16.1. The standard InChI is InChI=1S/C25H18O/c26-25(15-11-19-9-13-21-5-1-3-7-23(21)17-19)16-12-20-10-14-22-6-2-4-8-24(22)18-20/h1-18H/b15-11-,16-12+. The quantitative estimate of drug-likeness (QED) is 0.401. The van der Waals surface area contributed by atoms with E-state index in [0.717, 1.165) is 11.1 Å². The van der Waals surface area contributed by atoms with Crippen molar-refractivity contribution >= 4 is 39.5 Å². The highest BCUT2D eigenvalue weighted by Crippen LogP contribution is 2.18. The van der Waals surface area contributed by atoms with Gasteiger partial charge in [0.15, 0.2) is 5.78 Å². The average molecular weight is 334 g/mol. The predicted octanol–water partition coefficient (Wildman–Crippen LogP) is 6.29. The molecule has 124 valence electrons. The van der Waals surface area contributed by atoms with Gasteiger partial charge in [-0.15, -0.1) is 0 Å². The topological polar surface area (TPSA) is 17.1 Å². The van der Waals surface area contributed by atoms with Gasteiger partial charge in [0.1, 0.15) is 0 Å². The Morgan fingerprint density at radius 1 is 0.538 bits per heavy atom. The normalized spacial score (nSPS) is 11.7. The number of hydrogen-bond acceptors (Lipinski definition) is 1. The van der Waals surface area contributed by atoms with Gasteiger partial charge in [-0.1, -0.05) is 84.9 Å². The molecule has 4 aromatic carbocycles. The lowest BCUT2D eigenvalue weighted by Gasteiger charge is -1.99. The first-order chi connectivity index (χ1) is 12.8. The second-order valence-electron chi connectivity index (χ2n) is 6.28. The van der Waals surface area contributed by atoms with Gasteiger partial charge in [0.25, 0.3) is 0 Å². The van der Waals surface area contributed by atoms with E-state index in [1.807, 2.05) is 48.6 Å². The Balaban J connectivity index is 1.49. The minimum absolute atomic E-state index is 0.0219. The van der Waals surface area contributed by atoms with Crippen molar-refractivity contribution < 1.29 is 4.79 Å². The molecular weight excluding hydrogens is 316 g/mol. The van der Waals surface area contributed by atoms with Crippen LogP contribution in [0, 0.1) is 0 Å². The molecule has 1 heteroatoms. The van der Waals surface area contributed by atoms with Gasteiger partial charge in [-0.2, -0.15) is 0 Å². The fourth-order valence-electron chi connectivity index (χ4n) is 3.04. The van der Waals surface area contributed by atoms with Crippen molar-refractivity contribution in [1.29, 1.82) is 0 Å². The van der Waals surface area contributed by atoms with E-state index in [1.165, 1.54) is 21.5 Å². The monoisotopic (exact) mass is 334 g/mol. The van der Waals surface area contributed by atoms with E-state index in [-0.39, 0.29) is 5.78 Å². The van der Waals surface area contributed by atoms with Gasteiger partial charge in [-0.25, -0.2) is 0 Å².